The van der Waals surface area contributed by atoms with E-state index in [1.165, 1.54) is 27.9 Å². The van der Waals surface area contributed by atoms with E-state index in [4.69, 9.17) is 5.73 Å². The van der Waals surface area contributed by atoms with E-state index >= 15 is 0 Å². The van der Waals surface area contributed by atoms with Gasteiger partial charge in [0.1, 0.15) is 0 Å². The number of rotatable bonds is 4. The second kappa shape index (κ2) is 5.80. The van der Waals surface area contributed by atoms with Crippen LogP contribution in [0.25, 0.3) is 0 Å². The fourth-order valence-corrected chi connectivity index (χ4v) is 2.71. The molecule has 0 spiro atoms. The number of aromatic nitrogens is 2. The van der Waals surface area contributed by atoms with Crippen molar-refractivity contribution in [2.45, 2.75) is 53.6 Å². The average molecular weight is 271 g/mol. The minimum Gasteiger partial charge on any atom is -0.322 e. The molecule has 0 aliphatic rings. The lowest BCUT2D eigenvalue weighted by atomic mass is 10.0. The van der Waals surface area contributed by atoms with Gasteiger partial charge in [-0.15, -0.1) is 0 Å². The minimum atomic E-state index is -0.0167. The summed E-state index contributed by atoms with van der Waals surface area (Å²) in [4.78, 5) is 0. The van der Waals surface area contributed by atoms with E-state index < -0.39 is 0 Å². The summed E-state index contributed by atoms with van der Waals surface area (Å²) in [6.45, 7) is 11.4. The zero-order valence-corrected chi connectivity index (χ0v) is 13.2. The third-order valence-electron chi connectivity index (χ3n) is 4.21. The van der Waals surface area contributed by atoms with Crippen LogP contribution in [0.2, 0.25) is 0 Å². The van der Waals surface area contributed by atoms with Crippen molar-refractivity contribution < 1.29 is 0 Å². The van der Waals surface area contributed by atoms with Crippen molar-refractivity contribution in [1.29, 1.82) is 0 Å². The molecule has 1 heterocycles. The monoisotopic (exact) mass is 271 g/mol. The molecule has 0 saturated heterocycles. The lowest BCUT2D eigenvalue weighted by molar-refractivity contribution is 0.514. The molecule has 0 amide bonds. The van der Waals surface area contributed by atoms with Gasteiger partial charge in [-0.3, -0.25) is 4.68 Å². The van der Waals surface area contributed by atoms with E-state index in [1.807, 2.05) is 4.68 Å². The molecule has 3 heteroatoms. The van der Waals surface area contributed by atoms with Crippen LogP contribution in [0.15, 0.2) is 18.2 Å². The molecule has 108 valence electrons. The van der Waals surface area contributed by atoms with Gasteiger partial charge < -0.3 is 5.73 Å². The maximum Gasteiger partial charge on any atom is 0.0628 e. The summed E-state index contributed by atoms with van der Waals surface area (Å²) in [6, 6.07) is 6.44. The second-order valence-electron chi connectivity index (χ2n) is 5.64. The summed E-state index contributed by atoms with van der Waals surface area (Å²) in [7, 11) is 0. The van der Waals surface area contributed by atoms with Crippen molar-refractivity contribution in [3.8, 4) is 0 Å². The molecule has 2 N–H and O–H groups in total. The van der Waals surface area contributed by atoms with Crippen LogP contribution in [0.3, 0.4) is 0 Å². The molecule has 1 atom stereocenters. The van der Waals surface area contributed by atoms with Gasteiger partial charge in [-0.2, -0.15) is 5.10 Å². The van der Waals surface area contributed by atoms with Crippen LogP contribution < -0.4 is 5.73 Å². The topological polar surface area (TPSA) is 43.8 Å². The zero-order chi connectivity index (χ0) is 14.9. The first-order valence-electron chi connectivity index (χ1n) is 7.29. The van der Waals surface area contributed by atoms with Crippen LogP contribution in [0.1, 0.15) is 46.6 Å². The first-order valence-corrected chi connectivity index (χ1v) is 7.29. The molecule has 2 rings (SSSR count). The Hall–Kier alpha value is -1.61. The molecule has 0 aliphatic heterocycles. The molecule has 2 aromatic rings. The first kappa shape index (κ1) is 14.8. The lowest BCUT2D eigenvalue weighted by Crippen LogP contribution is -2.19. The quantitative estimate of drug-likeness (QED) is 0.926. The molecule has 1 aromatic carbocycles. The third kappa shape index (κ3) is 2.78. The summed E-state index contributed by atoms with van der Waals surface area (Å²) >= 11 is 0. The van der Waals surface area contributed by atoms with Crippen LogP contribution in [0.5, 0.6) is 0 Å². The Morgan fingerprint density at radius 1 is 1.15 bits per heavy atom. The number of nitrogens with two attached hydrogens (primary N) is 1. The summed E-state index contributed by atoms with van der Waals surface area (Å²) in [5.41, 5.74) is 13.8. The van der Waals surface area contributed by atoms with Crippen LogP contribution in [0.4, 0.5) is 0 Å². The third-order valence-corrected chi connectivity index (χ3v) is 4.21. The number of benzene rings is 1. The van der Waals surface area contributed by atoms with Crippen molar-refractivity contribution in [1.82, 2.24) is 9.78 Å². The Kier molecular flexibility index (Phi) is 4.29. The highest BCUT2D eigenvalue weighted by atomic mass is 15.3. The number of nitrogens with zero attached hydrogens (tertiary/aromatic N) is 2. The highest BCUT2D eigenvalue weighted by Gasteiger charge is 2.14. The predicted octanol–water partition coefficient (Wildman–Crippen LogP) is 3.38. The van der Waals surface area contributed by atoms with E-state index in [2.05, 4.69) is 57.9 Å². The van der Waals surface area contributed by atoms with Gasteiger partial charge in [0, 0.05) is 11.7 Å². The molecule has 20 heavy (non-hydrogen) atoms. The van der Waals surface area contributed by atoms with Gasteiger partial charge in [-0.25, -0.2) is 0 Å². The SMILES string of the molecule is CCc1c(C)nn(CC(N)c2ccc(C)c(C)c2)c1C. The van der Waals surface area contributed by atoms with E-state index in [1.54, 1.807) is 0 Å². The smallest absolute Gasteiger partial charge is 0.0628 e. The van der Waals surface area contributed by atoms with Crippen molar-refractivity contribution >= 4 is 0 Å². The molecule has 1 unspecified atom stereocenters. The molecule has 3 nitrogen and oxygen atoms in total. The maximum absolute atomic E-state index is 6.35. The van der Waals surface area contributed by atoms with Crippen molar-refractivity contribution in [2.75, 3.05) is 0 Å². The Morgan fingerprint density at radius 3 is 2.40 bits per heavy atom. The Morgan fingerprint density at radius 2 is 1.85 bits per heavy atom. The van der Waals surface area contributed by atoms with Crippen molar-refractivity contribution in [3.05, 3.63) is 51.8 Å². The molecule has 0 radical (unpaired) electrons. The molecular weight excluding hydrogens is 246 g/mol. The average Bonchev–Trinajstić information content (AvgIpc) is 2.67. The number of hydrogen-bond donors (Lipinski definition) is 1. The van der Waals surface area contributed by atoms with Crippen molar-refractivity contribution in [2.24, 2.45) is 5.73 Å². The van der Waals surface area contributed by atoms with Gasteiger partial charge in [0.2, 0.25) is 0 Å². The van der Waals surface area contributed by atoms with Crippen molar-refractivity contribution in [3.63, 3.8) is 0 Å². The molecule has 0 bridgehead atoms. The Labute approximate surface area is 121 Å². The second-order valence-corrected chi connectivity index (χ2v) is 5.64. The summed E-state index contributed by atoms with van der Waals surface area (Å²) in [5, 5.41) is 4.62. The fraction of sp³-hybridized carbons (Fsp3) is 0.471. The van der Waals surface area contributed by atoms with E-state index in [0.717, 1.165) is 18.7 Å². The minimum absolute atomic E-state index is 0.0167. The van der Waals surface area contributed by atoms with Gasteiger partial charge in [-0.05, 0) is 56.4 Å². The predicted molar refractivity (Wildman–Crippen MR) is 83.9 cm³/mol. The van der Waals surface area contributed by atoms with E-state index in [9.17, 15) is 0 Å². The summed E-state index contributed by atoms with van der Waals surface area (Å²) in [6.07, 6.45) is 1.02. The Bertz CT molecular complexity index is 611. The normalized spacial score (nSPS) is 12.7. The van der Waals surface area contributed by atoms with Crippen LogP contribution in [-0.4, -0.2) is 9.78 Å². The highest BCUT2D eigenvalue weighted by molar-refractivity contribution is 5.32. The van der Waals surface area contributed by atoms with Crippen LogP contribution in [-0.2, 0) is 13.0 Å². The first-order chi connectivity index (χ1) is 9.43. The number of aryl methyl sites for hydroxylation is 3. The van der Waals surface area contributed by atoms with Gasteiger partial charge in [0.15, 0.2) is 0 Å². The van der Waals surface area contributed by atoms with Crippen LogP contribution in [0, 0.1) is 27.7 Å². The molecule has 0 saturated carbocycles. The largest absolute Gasteiger partial charge is 0.322 e. The van der Waals surface area contributed by atoms with Gasteiger partial charge in [0.05, 0.1) is 12.2 Å². The van der Waals surface area contributed by atoms with E-state index in [-0.39, 0.29) is 6.04 Å². The van der Waals surface area contributed by atoms with Gasteiger partial charge in [0.25, 0.3) is 0 Å². The fourth-order valence-electron chi connectivity index (χ4n) is 2.71. The maximum atomic E-state index is 6.35. The number of hydrogen-bond acceptors (Lipinski definition) is 2. The summed E-state index contributed by atoms with van der Waals surface area (Å²) < 4.78 is 2.05. The Balaban J connectivity index is 2.23. The van der Waals surface area contributed by atoms with Crippen LogP contribution >= 0.6 is 0 Å². The molecular formula is C17H25N3. The highest BCUT2D eigenvalue weighted by Crippen LogP contribution is 2.19. The van der Waals surface area contributed by atoms with E-state index in [0.29, 0.717) is 0 Å². The van der Waals surface area contributed by atoms with Gasteiger partial charge in [-0.1, -0.05) is 25.1 Å². The molecule has 0 aliphatic carbocycles. The molecule has 0 fully saturated rings. The van der Waals surface area contributed by atoms with Gasteiger partial charge >= 0.3 is 0 Å². The molecule has 1 aromatic heterocycles. The standard InChI is InChI=1S/C17H25N3/c1-6-16-13(4)19-20(14(16)5)10-17(18)15-8-7-11(2)12(3)9-15/h7-9,17H,6,10,18H2,1-5H3. The summed E-state index contributed by atoms with van der Waals surface area (Å²) in [5.74, 6) is 0. The zero-order valence-electron chi connectivity index (χ0n) is 13.2. The lowest BCUT2D eigenvalue weighted by Gasteiger charge is -2.15.